The molecule has 1 aliphatic heterocycles. The third kappa shape index (κ3) is 2.55. The normalized spacial score (nSPS) is 18.8. The van der Waals surface area contributed by atoms with E-state index in [0.29, 0.717) is 17.1 Å². The topological polar surface area (TPSA) is 68.2 Å². The van der Waals surface area contributed by atoms with Gasteiger partial charge in [0.05, 0.1) is 20.8 Å². The van der Waals surface area contributed by atoms with E-state index in [1.807, 2.05) is 0 Å². The number of β-amino-alcohol motifs (C(OH)–C–C–N with tert-alkyl or cyclic N) is 1. The van der Waals surface area contributed by atoms with Gasteiger partial charge in [-0.1, -0.05) is 0 Å². The molecule has 0 aromatic heterocycles. The lowest BCUT2D eigenvalue weighted by molar-refractivity contribution is -0.0780. The van der Waals surface area contributed by atoms with Crippen LogP contribution in [0.3, 0.4) is 0 Å². The molecule has 0 radical (unpaired) electrons. The molecule has 0 unspecified atom stereocenters. The van der Waals surface area contributed by atoms with Gasteiger partial charge in [-0.15, -0.1) is 0 Å². The van der Waals surface area contributed by atoms with E-state index in [0.717, 1.165) is 5.06 Å². The van der Waals surface area contributed by atoms with E-state index in [-0.39, 0.29) is 19.1 Å². The van der Waals surface area contributed by atoms with Gasteiger partial charge in [-0.05, 0) is 12.1 Å². The predicted molar refractivity (Wildman–Crippen MR) is 62.5 cm³/mol. The number of hydrogen-bond donors (Lipinski definition) is 1. The van der Waals surface area contributed by atoms with Crippen LogP contribution in [0.2, 0.25) is 0 Å². The molecule has 1 aliphatic rings. The third-order valence-electron chi connectivity index (χ3n) is 2.62. The number of benzene rings is 1. The number of rotatable bonds is 3. The van der Waals surface area contributed by atoms with Crippen molar-refractivity contribution in [3.8, 4) is 11.5 Å². The average molecular weight is 253 g/mol. The number of carbonyl (C=O) groups is 1. The van der Waals surface area contributed by atoms with E-state index in [1.165, 1.54) is 14.2 Å². The summed E-state index contributed by atoms with van der Waals surface area (Å²) in [5.74, 6) is 0.721. The number of ether oxygens (including phenoxy) is 2. The second-order valence-electron chi connectivity index (χ2n) is 3.92. The van der Waals surface area contributed by atoms with Crippen LogP contribution < -0.4 is 9.47 Å². The second kappa shape index (κ2) is 5.24. The van der Waals surface area contributed by atoms with Gasteiger partial charge >= 0.3 is 0 Å². The molecule has 1 aromatic rings. The van der Waals surface area contributed by atoms with Crippen LogP contribution in [0.4, 0.5) is 0 Å². The van der Waals surface area contributed by atoms with Crippen LogP contribution in [-0.4, -0.2) is 49.6 Å². The molecule has 0 spiro atoms. The summed E-state index contributed by atoms with van der Waals surface area (Å²) in [6.07, 6.45) is -0.638. The van der Waals surface area contributed by atoms with Crippen molar-refractivity contribution in [1.29, 1.82) is 0 Å². The first-order valence-electron chi connectivity index (χ1n) is 5.50. The van der Waals surface area contributed by atoms with Gasteiger partial charge in [-0.25, -0.2) is 5.06 Å². The summed E-state index contributed by atoms with van der Waals surface area (Å²) in [6.45, 7) is 0.297. The monoisotopic (exact) mass is 253 g/mol. The molecule has 1 aromatic carbocycles. The quantitative estimate of drug-likeness (QED) is 0.847. The number of hydrogen-bond acceptors (Lipinski definition) is 5. The standard InChI is InChI=1S/C12H15NO5/c1-16-10-3-8(4-11(5-10)17-2)12(15)13-6-9(14)7-18-13/h3-5,9,14H,6-7H2,1-2H3/t9-/m1/s1. The number of aliphatic hydroxyl groups excluding tert-OH is 1. The van der Waals surface area contributed by atoms with E-state index in [1.54, 1.807) is 18.2 Å². The smallest absolute Gasteiger partial charge is 0.277 e. The highest BCUT2D eigenvalue weighted by atomic mass is 16.7. The summed E-state index contributed by atoms with van der Waals surface area (Å²) in [5.41, 5.74) is 0.389. The highest BCUT2D eigenvalue weighted by molar-refractivity contribution is 5.94. The van der Waals surface area contributed by atoms with Crippen molar-refractivity contribution in [2.24, 2.45) is 0 Å². The van der Waals surface area contributed by atoms with Crippen LogP contribution in [0.15, 0.2) is 18.2 Å². The van der Waals surface area contributed by atoms with Gasteiger partial charge < -0.3 is 14.6 Å². The summed E-state index contributed by atoms with van der Waals surface area (Å²) < 4.78 is 10.2. The van der Waals surface area contributed by atoms with Gasteiger partial charge in [0.2, 0.25) is 0 Å². The Labute approximate surface area is 105 Å². The van der Waals surface area contributed by atoms with Gasteiger partial charge in [-0.2, -0.15) is 0 Å². The summed E-state index contributed by atoms with van der Waals surface area (Å²) >= 11 is 0. The first kappa shape index (κ1) is 12.7. The Morgan fingerprint density at radius 1 is 1.33 bits per heavy atom. The molecular formula is C12H15NO5. The Hall–Kier alpha value is -1.79. The van der Waals surface area contributed by atoms with E-state index in [4.69, 9.17) is 14.3 Å². The van der Waals surface area contributed by atoms with Crippen LogP contribution in [0.25, 0.3) is 0 Å². The van der Waals surface area contributed by atoms with E-state index >= 15 is 0 Å². The Morgan fingerprint density at radius 3 is 2.39 bits per heavy atom. The minimum Gasteiger partial charge on any atom is -0.497 e. The highest BCUT2D eigenvalue weighted by Gasteiger charge is 2.27. The first-order valence-corrected chi connectivity index (χ1v) is 5.50. The molecule has 0 bridgehead atoms. The molecule has 6 nitrogen and oxygen atoms in total. The van der Waals surface area contributed by atoms with Gasteiger partial charge in [0.1, 0.15) is 24.2 Å². The van der Waals surface area contributed by atoms with Crippen LogP contribution >= 0.6 is 0 Å². The third-order valence-corrected chi connectivity index (χ3v) is 2.62. The minimum absolute atomic E-state index is 0.132. The highest BCUT2D eigenvalue weighted by Crippen LogP contribution is 2.24. The fourth-order valence-electron chi connectivity index (χ4n) is 1.69. The van der Waals surface area contributed by atoms with Crippen molar-refractivity contribution in [3.05, 3.63) is 23.8 Å². The molecule has 1 saturated heterocycles. The molecule has 98 valence electrons. The van der Waals surface area contributed by atoms with Crippen LogP contribution in [0.1, 0.15) is 10.4 Å². The van der Waals surface area contributed by atoms with Crippen LogP contribution in [0, 0.1) is 0 Å². The zero-order valence-corrected chi connectivity index (χ0v) is 10.3. The van der Waals surface area contributed by atoms with Crippen molar-refractivity contribution in [2.75, 3.05) is 27.4 Å². The van der Waals surface area contributed by atoms with Crippen molar-refractivity contribution in [3.63, 3.8) is 0 Å². The molecule has 18 heavy (non-hydrogen) atoms. The van der Waals surface area contributed by atoms with Gasteiger partial charge in [0.25, 0.3) is 5.91 Å². The van der Waals surface area contributed by atoms with Crippen LogP contribution in [-0.2, 0) is 4.84 Å². The Morgan fingerprint density at radius 2 is 1.94 bits per heavy atom. The maximum absolute atomic E-state index is 12.1. The van der Waals surface area contributed by atoms with Gasteiger partial charge in [0.15, 0.2) is 0 Å². The van der Waals surface area contributed by atoms with Crippen LogP contribution in [0.5, 0.6) is 11.5 Å². The maximum atomic E-state index is 12.1. The summed E-state index contributed by atoms with van der Waals surface area (Å²) in [7, 11) is 3.03. The van der Waals surface area contributed by atoms with Crippen molar-refractivity contribution in [1.82, 2.24) is 5.06 Å². The fourth-order valence-corrected chi connectivity index (χ4v) is 1.69. The SMILES string of the molecule is COc1cc(OC)cc(C(=O)N2C[C@@H](O)CO2)c1. The fraction of sp³-hybridized carbons (Fsp3) is 0.417. The number of methoxy groups -OCH3 is 2. The lowest BCUT2D eigenvalue weighted by Crippen LogP contribution is -2.28. The number of hydroxylamine groups is 2. The van der Waals surface area contributed by atoms with E-state index in [2.05, 4.69) is 0 Å². The van der Waals surface area contributed by atoms with Crippen molar-refractivity contribution >= 4 is 5.91 Å². The summed E-state index contributed by atoms with van der Waals surface area (Å²) in [5, 5.41) is 10.5. The number of amides is 1. The maximum Gasteiger partial charge on any atom is 0.277 e. The Kier molecular flexibility index (Phi) is 3.69. The van der Waals surface area contributed by atoms with Crippen molar-refractivity contribution < 1.29 is 24.2 Å². The van der Waals surface area contributed by atoms with E-state index < -0.39 is 6.10 Å². The number of carbonyl (C=O) groups excluding carboxylic acids is 1. The van der Waals surface area contributed by atoms with E-state index in [9.17, 15) is 9.90 Å². The summed E-state index contributed by atoms with van der Waals surface area (Å²) in [6, 6.07) is 4.87. The molecule has 1 fully saturated rings. The zero-order chi connectivity index (χ0) is 13.1. The molecule has 1 heterocycles. The largest absolute Gasteiger partial charge is 0.497 e. The Bertz CT molecular complexity index is 426. The molecular weight excluding hydrogens is 238 g/mol. The first-order chi connectivity index (χ1) is 8.63. The number of nitrogens with zero attached hydrogens (tertiary/aromatic N) is 1. The molecule has 0 saturated carbocycles. The Balaban J connectivity index is 2.24. The van der Waals surface area contributed by atoms with Gasteiger partial charge in [0, 0.05) is 11.6 Å². The van der Waals surface area contributed by atoms with Gasteiger partial charge in [-0.3, -0.25) is 9.63 Å². The predicted octanol–water partition coefficient (Wildman–Crippen LogP) is 0.452. The molecule has 1 N–H and O–H groups in total. The second-order valence-corrected chi connectivity index (χ2v) is 3.92. The van der Waals surface area contributed by atoms with Crippen molar-refractivity contribution in [2.45, 2.75) is 6.10 Å². The lowest BCUT2D eigenvalue weighted by atomic mass is 10.2. The summed E-state index contributed by atoms with van der Waals surface area (Å²) in [4.78, 5) is 17.2. The molecule has 1 amide bonds. The molecule has 6 heteroatoms. The molecule has 1 atom stereocenters. The zero-order valence-electron chi connectivity index (χ0n) is 10.3. The molecule has 0 aliphatic carbocycles. The lowest BCUT2D eigenvalue weighted by Gasteiger charge is -2.15. The average Bonchev–Trinajstić information content (AvgIpc) is 2.83. The molecule has 2 rings (SSSR count). The minimum atomic E-state index is -0.638. The number of aliphatic hydroxyl groups is 1.